The number of ether oxygens (including phenoxy) is 2. The normalized spacial score (nSPS) is 11.5. The van der Waals surface area contributed by atoms with Gasteiger partial charge in [0.05, 0.1) is 19.4 Å². The highest BCUT2D eigenvalue weighted by atomic mass is 32.2. The molecule has 1 unspecified atom stereocenters. The summed E-state index contributed by atoms with van der Waals surface area (Å²) in [6, 6.07) is 24.6. The predicted molar refractivity (Wildman–Crippen MR) is 137 cm³/mol. The third-order valence-electron chi connectivity index (χ3n) is 4.73. The van der Waals surface area contributed by atoms with E-state index in [1.165, 1.54) is 23.1 Å². The molecule has 0 bridgehead atoms. The van der Waals surface area contributed by atoms with E-state index in [0.29, 0.717) is 27.5 Å². The van der Waals surface area contributed by atoms with E-state index in [0.717, 1.165) is 17.0 Å². The van der Waals surface area contributed by atoms with Gasteiger partial charge in [-0.25, -0.2) is 0 Å². The number of para-hydroxylation sites is 2. The second-order valence-corrected chi connectivity index (χ2v) is 9.39. The van der Waals surface area contributed by atoms with Crippen LogP contribution < -0.4 is 20.1 Å². The highest BCUT2D eigenvalue weighted by molar-refractivity contribution is 8.02. The van der Waals surface area contributed by atoms with Crippen molar-refractivity contribution in [3.63, 3.8) is 0 Å². The smallest absolute Gasteiger partial charge is 0.242 e. The van der Waals surface area contributed by atoms with Crippen molar-refractivity contribution in [2.24, 2.45) is 0 Å². The average molecular weight is 493 g/mol. The fourth-order valence-corrected chi connectivity index (χ4v) is 5.15. The lowest BCUT2D eigenvalue weighted by molar-refractivity contribution is -0.115. The van der Waals surface area contributed by atoms with Crippen LogP contribution in [-0.4, -0.2) is 29.8 Å². The Morgan fingerprint density at radius 2 is 1.82 bits per heavy atom. The van der Waals surface area contributed by atoms with Crippen molar-refractivity contribution in [2.75, 3.05) is 24.4 Å². The molecule has 1 aromatic heterocycles. The van der Waals surface area contributed by atoms with Gasteiger partial charge < -0.3 is 20.1 Å². The van der Waals surface area contributed by atoms with Gasteiger partial charge in [-0.05, 0) is 36.8 Å². The number of carbonyl (C=O) groups excluding carboxylic acids is 1. The van der Waals surface area contributed by atoms with E-state index in [9.17, 15) is 4.79 Å². The van der Waals surface area contributed by atoms with E-state index in [1.54, 1.807) is 7.11 Å². The van der Waals surface area contributed by atoms with Gasteiger partial charge in [0.2, 0.25) is 11.0 Å². The Bertz CT molecular complexity index is 1230. The Hall–Kier alpha value is -3.56. The molecule has 7 nitrogen and oxygen atoms in total. The third-order valence-corrected chi connectivity index (χ3v) is 6.91. The first-order chi connectivity index (χ1) is 16.7. The zero-order valence-electron chi connectivity index (χ0n) is 18.7. The van der Waals surface area contributed by atoms with Crippen molar-refractivity contribution in [3.05, 3.63) is 84.4 Å². The molecule has 0 aliphatic rings. The maximum Gasteiger partial charge on any atom is 0.242 e. The molecule has 174 valence electrons. The number of amides is 1. The van der Waals surface area contributed by atoms with Gasteiger partial charge in [0.1, 0.15) is 16.7 Å². The zero-order chi connectivity index (χ0) is 23.8. The van der Waals surface area contributed by atoms with Crippen molar-refractivity contribution in [1.82, 2.24) is 10.2 Å². The molecule has 0 saturated heterocycles. The number of anilines is 3. The first-order valence-corrected chi connectivity index (χ1v) is 12.3. The first-order valence-electron chi connectivity index (χ1n) is 10.6. The molecule has 1 amide bonds. The molecule has 34 heavy (non-hydrogen) atoms. The van der Waals surface area contributed by atoms with E-state index in [1.807, 2.05) is 85.8 Å². The largest absolute Gasteiger partial charge is 0.497 e. The minimum absolute atomic E-state index is 0.166. The van der Waals surface area contributed by atoms with E-state index >= 15 is 0 Å². The molecule has 0 saturated carbocycles. The fourth-order valence-electron chi connectivity index (χ4n) is 3.18. The maximum absolute atomic E-state index is 13.4. The number of nitrogens with zero attached hydrogens (tertiary/aromatic N) is 2. The minimum Gasteiger partial charge on any atom is -0.497 e. The van der Waals surface area contributed by atoms with Gasteiger partial charge >= 0.3 is 0 Å². The molecule has 1 heterocycles. The molecule has 4 rings (SSSR count). The number of hydrogen-bond donors (Lipinski definition) is 2. The monoisotopic (exact) mass is 492 g/mol. The number of nitrogens with one attached hydrogen (secondary N) is 2. The molecule has 0 radical (unpaired) electrons. The summed E-state index contributed by atoms with van der Waals surface area (Å²) in [4.78, 5) is 13.4. The number of hydrogen-bond acceptors (Lipinski definition) is 8. The molecule has 9 heteroatoms. The molecule has 0 aliphatic heterocycles. The summed E-state index contributed by atoms with van der Waals surface area (Å²) >= 11 is 2.74. The molecule has 0 fully saturated rings. The second-order valence-electron chi connectivity index (χ2n) is 7.06. The molecule has 4 aromatic rings. The van der Waals surface area contributed by atoms with E-state index < -0.39 is 5.25 Å². The maximum atomic E-state index is 13.4. The Morgan fingerprint density at radius 3 is 2.62 bits per heavy atom. The lowest BCUT2D eigenvalue weighted by Crippen LogP contribution is -2.19. The topological polar surface area (TPSA) is 85.4 Å². The Balaban J connectivity index is 1.53. The summed E-state index contributed by atoms with van der Waals surface area (Å²) in [5, 5.41) is 14.9. The summed E-state index contributed by atoms with van der Waals surface area (Å²) in [5.74, 6) is 1.22. The third kappa shape index (κ3) is 6.06. The summed E-state index contributed by atoms with van der Waals surface area (Å²) in [5.41, 5.74) is 2.35. The van der Waals surface area contributed by atoms with Crippen LogP contribution in [0, 0.1) is 0 Å². The Labute approximate surface area is 206 Å². The van der Waals surface area contributed by atoms with Crippen molar-refractivity contribution in [3.8, 4) is 11.5 Å². The van der Waals surface area contributed by atoms with Crippen molar-refractivity contribution in [2.45, 2.75) is 16.5 Å². The zero-order valence-corrected chi connectivity index (χ0v) is 20.4. The second kappa shape index (κ2) is 11.5. The number of methoxy groups -OCH3 is 1. The molecule has 3 aromatic carbocycles. The van der Waals surface area contributed by atoms with Gasteiger partial charge in [-0.15, -0.1) is 10.2 Å². The standard InChI is InChI=1S/C25H24N4O3S2/c1-3-32-21-15-8-7-14-20(21)27-23(30)22(17-10-5-4-6-11-17)33-25-29-28-24(34-25)26-18-12-9-13-19(16-18)31-2/h4-16,22H,3H2,1-2H3,(H,26,28)(H,27,30). The van der Waals surface area contributed by atoms with Crippen LogP contribution in [0.4, 0.5) is 16.5 Å². The predicted octanol–water partition coefficient (Wildman–Crippen LogP) is 6.16. The van der Waals surface area contributed by atoms with Crippen LogP contribution in [-0.2, 0) is 4.79 Å². The number of aromatic nitrogens is 2. The molecule has 2 N–H and O–H groups in total. The Morgan fingerprint density at radius 1 is 1.03 bits per heavy atom. The Kier molecular flexibility index (Phi) is 8.00. The molecular formula is C25H24N4O3S2. The average Bonchev–Trinajstić information content (AvgIpc) is 3.31. The molecule has 0 aliphatic carbocycles. The summed E-state index contributed by atoms with van der Waals surface area (Å²) in [7, 11) is 1.63. The molecular weight excluding hydrogens is 468 g/mol. The lowest BCUT2D eigenvalue weighted by Gasteiger charge is -2.17. The van der Waals surface area contributed by atoms with Gasteiger partial charge in [0.25, 0.3) is 0 Å². The lowest BCUT2D eigenvalue weighted by atomic mass is 10.1. The van der Waals surface area contributed by atoms with Crippen LogP contribution in [0.2, 0.25) is 0 Å². The summed E-state index contributed by atoms with van der Waals surface area (Å²) in [6.07, 6.45) is 0. The van der Waals surface area contributed by atoms with E-state index in [2.05, 4.69) is 20.8 Å². The van der Waals surface area contributed by atoms with Crippen LogP contribution in [0.1, 0.15) is 17.7 Å². The van der Waals surface area contributed by atoms with Gasteiger partial charge in [-0.1, -0.05) is 71.6 Å². The number of carbonyl (C=O) groups is 1. The van der Waals surface area contributed by atoms with Crippen LogP contribution in [0.3, 0.4) is 0 Å². The molecule has 1 atom stereocenters. The quantitative estimate of drug-likeness (QED) is 0.256. The highest BCUT2D eigenvalue weighted by Gasteiger charge is 2.25. The van der Waals surface area contributed by atoms with Crippen molar-refractivity contribution < 1.29 is 14.3 Å². The number of benzene rings is 3. The van der Waals surface area contributed by atoms with Crippen LogP contribution in [0.25, 0.3) is 0 Å². The SMILES string of the molecule is CCOc1ccccc1NC(=O)C(Sc1nnc(Nc2cccc(OC)c2)s1)c1ccccc1. The van der Waals surface area contributed by atoms with Gasteiger partial charge in [-0.2, -0.15) is 0 Å². The van der Waals surface area contributed by atoms with E-state index in [4.69, 9.17) is 9.47 Å². The van der Waals surface area contributed by atoms with Gasteiger partial charge in [0.15, 0.2) is 4.34 Å². The van der Waals surface area contributed by atoms with E-state index in [-0.39, 0.29) is 5.91 Å². The summed E-state index contributed by atoms with van der Waals surface area (Å²) in [6.45, 7) is 2.42. The van der Waals surface area contributed by atoms with Gasteiger partial charge in [-0.3, -0.25) is 4.79 Å². The number of thioether (sulfide) groups is 1. The number of rotatable bonds is 10. The fraction of sp³-hybridized carbons (Fsp3) is 0.160. The first kappa shape index (κ1) is 23.6. The van der Waals surface area contributed by atoms with Crippen molar-refractivity contribution >= 4 is 45.5 Å². The van der Waals surface area contributed by atoms with Crippen molar-refractivity contribution in [1.29, 1.82) is 0 Å². The van der Waals surface area contributed by atoms with Crippen LogP contribution >= 0.6 is 23.1 Å². The highest BCUT2D eigenvalue weighted by Crippen LogP contribution is 2.39. The van der Waals surface area contributed by atoms with Gasteiger partial charge in [0, 0.05) is 11.8 Å². The van der Waals surface area contributed by atoms with Crippen LogP contribution in [0.15, 0.2) is 83.2 Å². The van der Waals surface area contributed by atoms with Crippen LogP contribution in [0.5, 0.6) is 11.5 Å². The minimum atomic E-state index is -0.520. The summed E-state index contributed by atoms with van der Waals surface area (Å²) < 4.78 is 11.6. The molecule has 0 spiro atoms.